The lowest BCUT2D eigenvalue weighted by Crippen LogP contribution is -2.44. The average molecular weight is 286 g/mol. The minimum absolute atomic E-state index is 0. The van der Waals surface area contributed by atoms with E-state index in [1.54, 1.807) is 0 Å². The summed E-state index contributed by atoms with van der Waals surface area (Å²) in [5.74, 6) is -1.16. The highest BCUT2D eigenvalue weighted by Crippen LogP contribution is 2.40. The molecule has 2 aliphatic rings. The Bertz CT molecular complexity index is 747. The van der Waals surface area contributed by atoms with E-state index in [9.17, 15) is 9.90 Å². The van der Waals surface area contributed by atoms with Crippen molar-refractivity contribution in [1.82, 2.24) is 9.88 Å². The number of carbonyl (C=O) groups is 1. The Labute approximate surface area is 122 Å². The zero-order valence-electron chi connectivity index (χ0n) is 11.8. The lowest BCUT2D eigenvalue weighted by atomic mass is 9.80. The van der Waals surface area contributed by atoms with Crippen molar-refractivity contribution in [3.05, 3.63) is 41.6 Å². The van der Waals surface area contributed by atoms with E-state index < -0.39 is 11.9 Å². The van der Waals surface area contributed by atoms with Crippen LogP contribution in [0.1, 0.15) is 11.1 Å². The Hall–Kier alpha value is -2.11. The van der Waals surface area contributed by atoms with Gasteiger partial charge in [-0.2, -0.15) is 0 Å². The second-order valence-corrected chi connectivity index (χ2v) is 5.77. The van der Waals surface area contributed by atoms with E-state index in [1.165, 1.54) is 22.1 Å². The van der Waals surface area contributed by atoms with Gasteiger partial charge in [-0.25, -0.2) is 0 Å². The molecule has 21 heavy (non-hydrogen) atoms. The van der Waals surface area contributed by atoms with Gasteiger partial charge in [-0.15, -0.1) is 0 Å². The number of aromatic amines is 1. The molecule has 2 atom stereocenters. The molecule has 1 aliphatic heterocycles. The van der Waals surface area contributed by atoms with Gasteiger partial charge in [-0.1, -0.05) is 18.2 Å². The number of hydrogen-bond donors (Lipinski definition) is 2. The molecule has 1 aromatic carbocycles. The Morgan fingerprint density at radius 3 is 3.00 bits per heavy atom. The van der Waals surface area contributed by atoms with Gasteiger partial charge >= 0.3 is 5.97 Å². The third kappa shape index (κ3) is 1.89. The van der Waals surface area contributed by atoms with Crippen molar-refractivity contribution in [3.63, 3.8) is 0 Å². The van der Waals surface area contributed by atoms with Crippen LogP contribution in [0.4, 0.5) is 0 Å². The lowest BCUT2D eigenvalue weighted by Gasteiger charge is -2.38. The maximum atomic E-state index is 11.3. The van der Waals surface area contributed by atoms with Crippen LogP contribution in [0.2, 0.25) is 0 Å². The first kappa shape index (κ1) is 13.9. The highest BCUT2D eigenvalue weighted by Gasteiger charge is 2.35. The van der Waals surface area contributed by atoms with Gasteiger partial charge in [0.05, 0.1) is 5.92 Å². The molecule has 0 bridgehead atoms. The summed E-state index contributed by atoms with van der Waals surface area (Å²) in [6.07, 6.45) is 4.99. The molecule has 0 saturated carbocycles. The predicted molar refractivity (Wildman–Crippen MR) is 81.1 cm³/mol. The summed E-state index contributed by atoms with van der Waals surface area (Å²) in [5, 5.41) is 10.6. The van der Waals surface area contributed by atoms with Crippen molar-refractivity contribution in [2.24, 2.45) is 5.92 Å². The molecule has 5 nitrogen and oxygen atoms in total. The van der Waals surface area contributed by atoms with E-state index >= 15 is 0 Å². The number of hydrogen-bond acceptors (Lipinski definition) is 2. The fourth-order valence-electron chi connectivity index (χ4n) is 3.61. The molecule has 2 heterocycles. The Morgan fingerprint density at radius 1 is 1.43 bits per heavy atom. The summed E-state index contributed by atoms with van der Waals surface area (Å²) in [4.78, 5) is 16.8. The Balaban J connectivity index is 0.00000132. The normalized spacial score (nSPS) is 24.1. The minimum atomic E-state index is -0.741. The van der Waals surface area contributed by atoms with E-state index in [4.69, 9.17) is 0 Å². The van der Waals surface area contributed by atoms with Crippen LogP contribution >= 0.6 is 0 Å². The second-order valence-electron chi connectivity index (χ2n) is 5.77. The van der Waals surface area contributed by atoms with Crippen LogP contribution in [-0.2, 0) is 11.2 Å². The molecule has 0 radical (unpaired) electrons. The second kappa shape index (κ2) is 4.72. The smallest absolute Gasteiger partial charge is 0.311 e. The van der Waals surface area contributed by atoms with Crippen LogP contribution in [0.15, 0.2) is 30.5 Å². The Kier molecular flexibility index (Phi) is 3.11. The monoisotopic (exact) mass is 286 g/mol. The summed E-state index contributed by atoms with van der Waals surface area (Å²) < 4.78 is 0. The van der Waals surface area contributed by atoms with Crippen molar-refractivity contribution >= 4 is 22.4 Å². The first-order chi connectivity index (χ1) is 9.65. The van der Waals surface area contributed by atoms with Gasteiger partial charge in [-0.05, 0) is 36.2 Å². The molecule has 1 aromatic heterocycles. The van der Waals surface area contributed by atoms with Gasteiger partial charge in [-0.3, -0.25) is 9.69 Å². The molecule has 0 saturated heterocycles. The maximum absolute atomic E-state index is 11.3. The largest absolute Gasteiger partial charge is 0.481 e. The molecule has 1 aliphatic carbocycles. The van der Waals surface area contributed by atoms with Crippen LogP contribution < -0.4 is 0 Å². The number of carboxylic acid groups (broad SMARTS) is 1. The van der Waals surface area contributed by atoms with Gasteiger partial charge in [0, 0.05) is 29.7 Å². The van der Waals surface area contributed by atoms with Gasteiger partial charge in [0.25, 0.3) is 0 Å². The van der Waals surface area contributed by atoms with E-state index in [2.05, 4.69) is 28.2 Å². The number of fused-ring (bicyclic) bond motifs is 2. The molecule has 5 heteroatoms. The predicted octanol–water partition coefficient (Wildman–Crippen LogP) is 1.30. The topological polar surface area (TPSA) is 87.8 Å². The lowest BCUT2D eigenvalue weighted by molar-refractivity contribution is -0.140. The van der Waals surface area contributed by atoms with Crippen LogP contribution in [0.25, 0.3) is 16.5 Å². The van der Waals surface area contributed by atoms with E-state index in [0.717, 1.165) is 11.9 Å². The summed E-state index contributed by atoms with van der Waals surface area (Å²) in [6, 6.07) is 6.51. The third-order valence-corrected chi connectivity index (χ3v) is 4.59. The van der Waals surface area contributed by atoms with Crippen LogP contribution in [0, 0.1) is 5.92 Å². The number of rotatable bonds is 1. The summed E-state index contributed by atoms with van der Waals surface area (Å²) >= 11 is 0. The number of likely N-dealkylation sites (N-methyl/N-ethyl adjacent to an activating group) is 1. The number of nitrogens with one attached hydrogen (secondary N) is 1. The summed E-state index contributed by atoms with van der Waals surface area (Å²) in [5.41, 5.74) is 4.83. The molecule has 0 fully saturated rings. The number of nitrogens with zero attached hydrogens (tertiary/aromatic N) is 1. The van der Waals surface area contributed by atoms with Crippen molar-refractivity contribution in [2.45, 2.75) is 12.5 Å². The molecule has 2 unspecified atom stereocenters. The number of aliphatic carboxylic acids is 1. The van der Waals surface area contributed by atoms with Crippen LogP contribution in [0.5, 0.6) is 0 Å². The summed E-state index contributed by atoms with van der Waals surface area (Å²) in [7, 11) is 2.02. The SMILES string of the molecule is CN1CC(C(=O)O)C=C2c3cccc4[nH]cc(c34)CC21.O. The number of aromatic nitrogens is 1. The fraction of sp³-hybridized carbons (Fsp3) is 0.312. The first-order valence-corrected chi connectivity index (χ1v) is 6.89. The zero-order valence-corrected chi connectivity index (χ0v) is 11.8. The van der Waals surface area contributed by atoms with Gasteiger partial charge in [0.15, 0.2) is 0 Å². The zero-order chi connectivity index (χ0) is 13.9. The highest BCUT2D eigenvalue weighted by molar-refractivity contribution is 5.99. The van der Waals surface area contributed by atoms with Crippen molar-refractivity contribution < 1.29 is 15.4 Å². The minimum Gasteiger partial charge on any atom is -0.481 e. The fourth-order valence-corrected chi connectivity index (χ4v) is 3.61. The van der Waals surface area contributed by atoms with Crippen LogP contribution in [-0.4, -0.2) is 46.1 Å². The standard InChI is InChI=1S/C16H16N2O2.H2O/c1-18-8-10(16(19)20)5-12-11-3-2-4-13-15(11)9(7-17-13)6-14(12)18;/h2-5,7,10,14,17H,6,8H2,1H3,(H,19,20);1H2. The molecule has 0 spiro atoms. The van der Waals surface area contributed by atoms with Gasteiger partial charge in [0.1, 0.15) is 0 Å². The summed E-state index contributed by atoms with van der Waals surface area (Å²) in [6.45, 7) is 0.583. The first-order valence-electron chi connectivity index (χ1n) is 6.89. The number of benzene rings is 1. The number of carboxylic acids is 1. The van der Waals surface area contributed by atoms with E-state index in [0.29, 0.717) is 12.6 Å². The van der Waals surface area contributed by atoms with Gasteiger partial charge < -0.3 is 15.6 Å². The molecule has 2 aromatic rings. The quantitative estimate of drug-likeness (QED) is 0.828. The van der Waals surface area contributed by atoms with E-state index in [-0.39, 0.29) is 5.48 Å². The maximum Gasteiger partial charge on any atom is 0.311 e. The molecule has 0 amide bonds. The van der Waals surface area contributed by atoms with Crippen molar-refractivity contribution in [2.75, 3.05) is 13.6 Å². The number of H-pyrrole nitrogens is 1. The molecule has 4 N–H and O–H groups in total. The molecular formula is C16H18N2O3. The van der Waals surface area contributed by atoms with Crippen molar-refractivity contribution in [3.8, 4) is 0 Å². The van der Waals surface area contributed by atoms with Crippen molar-refractivity contribution in [1.29, 1.82) is 0 Å². The third-order valence-electron chi connectivity index (χ3n) is 4.59. The molecule has 4 rings (SSSR count). The van der Waals surface area contributed by atoms with E-state index in [1.807, 2.05) is 19.2 Å². The van der Waals surface area contributed by atoms with Gasteiger partial charge in [0.2, 0.25) is 0 Å². The highest BCUT2D eigenvalue weighted by atomic mass is 16.4. The molecular weight excluding hydrogens is 268 g/mol. The Morgan fingerprint density at radius 2 is 2.24 bits per heavy atom. The van der Waals surface area contributed by atoms with Crippen LogP contribution in [0.3, 0.4) is 0 Å². The average Bonchev–Trinajstić information content (AvgIpc) is 2.84. The molecule has 110 valence electrons.